The van der Waals surface area contributed by atoms with Gasteiger partial charge in [-0.2, -0.15) is 0 Å². The van der Waals surface area contributed by atoms with Crippen molar-refractivity contribution in [2.75, 3.05) is 20.3 Å². The van der Waals surface area contributed by atoms with Gasteiger partial charge in [0.15, 0.2) is 0 Å². The molecular weight excluding hydrogens is 138 g/mol. The van der Waals surface area contributed by atoms with Crippen molar-refractivity contribution in [3.8, 4) is 0 Å². The molecule has 1 heterocycles. The van der Waals surface area contributed by atoms with Gasteiger partial charge in [0.05, 0.1) is 13.2 Å². The lowest BCUT2D eigenvalue weighted by molar-refractivity contribution is -0.0227. The van der Waals surface area contributed by atoms with Gasteiger partial charge in [-0.05, 0) is 20.9 Å². The summed E-state index contributed by atoms with van der Waals surface area (Å²) in [5.41, 5.74) is 0. The summed E-state index contributed by atoms with van der Waals surface area (Å²) in [4.78, 5) is 2.35. The van der Waals surface area contributed by atoms with E-state index >= 15 is 0 Å². The van der Waals surface area contributed by atoms with Gasteiger partial charge in [0, 0.05) is 12.1 Å². The summed E-state index contributed by atoms with van der Waals surface area (Å²) in [6.45, 7) is 10.2. The van der Waals surface area contributed by atoms with E-state index in [9.17, 15) is 0 Å². The second-order valence-corrected chi connectivity index (χ2v) is 2.90. The molecule has 0 amide bonds. The molecule has 2 unspecified atom stereocenters. The van der Waals surface area contributed by atoms with Gasteiger partial charge >= 0.3 is 0 Å². The Labute approximate surface area is 70.5 Å². The van der Waals surface area contributed by atoms with Crippen LogP contribution in [0.5, 0.6) is 0 Å². The van der Waals surface area contributed by atoms with Crippen LogP contribution >= 0.6 is 0 Å². The average molecular weight is 159 g/mol. The molecule has 0 N–H and O–H groups in total. The van der Waals surface area contributed by atoms with Crippen LogP contribution < -0.4 is 0 Å². The Kier molecular flexibility index (Phi) is 5.51. The van der Waals surface area contributed by atoms with Crippen LogP contribution in [0.25, 0.3) is 0 Å². The molecule has 0 aromatic carbocycles. The molecule has 0 saturated carbocycles. The summed E-state index contributed by atoms with van der Waals surface area (Å²) in [7, 11) is 2.15. The number of hydrogen-bond acceptors (Lipinski definition) is 2. The zero-order valence-electron chi connectivity index (χ0n) is 8.42. The van der Waals surface area contributed by atoms with Crippen LogP contribution in [0, 0.1) is 0 Å². The molecular formula is C9H21NO. The summed E-state index contributed by atoms with van der Waals surface area (Å²) >= 11 is 0. The molecule has 1 rings (SSSR count). The van der Waals surface area contributed by atoms with Crippen LogP contribution in [0.2, 0.25) is 0 Å². The molecule has 1 aliphatic rings. The molecule has 1 fully saturated rings. The fourth-order valence-electron chi connectivity index (χ4n) is 1.08. The molecule has 2 nitrogen and oxygen atoms in total. The molecule has 68 valence electrons. The molecule has 0 bridgehead atoms. The second-order valence-electron chi connectivity index (χ2n) is 2.90. The molecule has 1 aliphatic heterocycles. The van der Waals surface area contributed by atoms with Crippen LogP contribution in [0.15, 0.2) is 0 Å². The predicted molar refractivity (Wildman–Crippen MR) is 48.9 cm³/mol. The molecule has 0 aromatic rings. The summed E-state index contributed by atoms with van der Waals surface area (Å²) < 4.78 is 5.32. The minimum Gasteiger partial charge on any atom is -0.378 e. The topological polar surface area (TPSA) is 12.5 Å². The SMILES string of the molecule is CC.CC1COCC(C)N1C. The highest BCUT2D eigenvalue weighted by atomic mass is 16.5. The van der Waals surface area contributed by atoms with Gasteiger partial charge in [-0.1, -0.05) is 13.8 Å². The van der Waals surface area contributed by atoms with Crippen LogP contribution in [0.3, 0.4) is 0 Å². The molecule has 0 radical (unpaired) electrons. The first-order valence-corrected chi connectivity index (χ1v) is 4.51. The van der Waals surface area contributed by atoms with Crippen molar-refractivity contribution in [2.24, 2.45) is 0 Å². The Morgan fingerprint density at radius 2 is 1.45 bits per heavy atom. The number of hydrogen-bond donors (Lipinski definition) is 0. The molecule has 0 aliphatic carbocycles. The molecule has 0 aromatic heterocycles. The molecule has 11 heavy (non-hydrogen) atoms. The third-order valence-electron chi connectivity index (χ3n) is 2.11. The second kappa shape index (κ2) is 5.56. The van der Waals surface area contributed by atoms with Crippen LogP contribution in [0.1, 0.15) is 27.7 Å². The molecule has 2 heteroatoms. The lowest BCUT2D eigenvalue weighted by Gasteiger charge is -2.35. The average Bonchev–Trinajstić information content (AvgIpc) is 2.04. The number of nitrogens with zero attached hydrogens (tertiary/aromatic N) is 1. The Bertz CT molecular complexity index is 85.6. The summed E-state index contributed by atoms with van der Waals surface area (Å²) in [5, 5.41) is 0. The highest BCUT2D eigenvalue weighted by Crippen LogP contribution is 2.08. The number of ether oxygens (including phenoxy) is 1. The van der Waals surface area contributed by atoms with E-state index in [0.717, 1.165) is 13.2 Å². The Balaban J connectivity index is 0.000000461. The van der Waals surface area contributed by atoms with Gasteiger partial charge in [0.25, 0.3) is 0 Å². The Morgan fingerprint density at radius 3 is 1.73 bits per heavy atom. The quantitative estimate of drug-likeness (QED) is 0.534. The summed E-state index contributed by atoms with van der Waals surface area (Å²) in [6, 6.07) is 1.18. The van der Waals surface area contributed by atoms with E-state index in [1.54, 1.807) is 0 Å². The highest BCUT2D eigenvalue weighted by Gasteiger charge is 2.20. The molecule has 1 saturated heterocycles. The first kappa shape index (κ1) is 10.9. The van der Waals surface area contributed by atoms with Gasteiger partial charge in [0.2, 0.25) is 0 Å². The maximum absolute atomic E-state index is 5.32. The van der Waals surface area contributed by atoms with Crippen LogP contribution in [-0.2, 0) is 4.74 Å². The lowest BCUT2D eigenvalue weighted by Crippen LogP contribution is -2.46. The molecule has 0 spiro atoms. The van der Waals surface area contributed by atoms with Crippen molar-refractivity contribution in [3.05, 3.63) is 0 Å². The summed E-state index contributed by atoms with van der Waals surface area (Å²) in [6.07, 6.45) is 0. The third kappa shape index (κ3) is 3.21. The standard InChI is InChI=1S/C7H15NO.C2H6/c1-6-4-9-5-7(2)8(6)3;1-2/h6-7H,4-5H2,1-3H3;1-2H3. The van der Waals surface area contributed by atoms with Gasteiger partial charge in [0.1, 0.15) is 0 Å². The molecule has 2 atom stereocenters. The van der Waals surface area contributed by atoms with Crippen molar-refractivity contribution in [1.29, 1.82) is 0 Å². The van der Waals surface area contributed by atoms with Gasteiger partial charge in [-0.15, -0.1) is 0 Å². The normalized spacial score (nSPS) is 32.5. The zero-order chi connectivity index (χ0) is 8.85. The van der Waals surface area contributed by atoms with E-state index in [0.29, 0.717) is 12.1 Å². The highest BCUT2D eigenvalue weighted by molar-refractivity contribution is 4.73. The maximum Gasteiger partial charge on any atom is 0.0619 e. The largest absolute Gasteiger partial charge is 0.378 e. The van der Waals surface area contributed by atoms with E-state index in [4.69, 9.17) is 4.74 Å². The number of morpholine rings is 1. The van der Waals surface area contributed by atoms with Crippen molar-refractivity contribution in [1.82, 2.24) is 4.90 Å². The smallest absolute Gasteiger partial charge is 0.0619 e. The van der Waals surface area contributed by atoms with E-state index < -0.39 is 0 Å². The van der Waals surface area contributed by atoms with Crippen molar-refractivity contribution >= 4 is 0 Å². The van der Waals surface area contributed by atoms with Gasteiger partial charge < -0.3 is 4.74 Å². The van der Waals surface area contributed by atoms with Gasteiger partial charge in [-0.3, -0.25) is 4.90 Å². The minimum atomic E-state index is 0.591. The maximum atomic E-state index is 5.32. The Morgan fingerprint density at radius 1 is 1.09 bits per heavy atom. The van der Waals surface area contributed by atoms with Crippen LogP contribution in [-0.4, -0.2) is 37.2 Å². The predicted octanol–water partition coefficient (Wildman–Crippen LogP) is 1.75. The fourth-order valence-corrected chi connectivity index (χ4v) is 1.08. The van der Waals surface area contributed by atoms with E-state index in [1.165, 1.54) is 0 Å². The fraction of sp³-hybridized carbons (Fsp3) is 1.00. The van der Waals surface area contributed by atoms with E-state index in [2.05, 4.69) is 25.8 Å². The number of rotatable bonds is 0. The minimum absolute atomic E-state index is 0.591. The van der Waals surface area contributed by atoms with Crippen molar-refractivity contribution in [2.45, 2.75) is 39.8 Å². The summed E-state index contributed by atoms with van der Waals surface area (Å²) in [5.74, 6) is 0. The third-order valence-corrected chi connectivity index (χ3v) is 2.11. The van der Waals surface area contributed by atoms with Crippen LogP contribution in [0.4, 0.5) is 0 Å². The first-order valence-electron chi connectivity index (χ1n) is 4.51. The van der Waals surface area contributed by atoms with Crippen molar-refractivity contribution < 1.29 is 4.74 Å². The van der Waals surface area contributed by atoms with Crippen molar-refractivity contribution in [3.63, 3.8) is 0 Å². The number of likely N-dealkylation sites (N-methyl/N-ethyl adjacent to an activating group) is 1. The monoisotopic (exact) mass is 159 g/mol. The van der Waals surface area contributed by atoms with E-state index in [1.807, 2.05) is 13.8 Å². The van der Waals surface area contributed by atoms with Gasteiger partial charge in [-0.25, -0.2) is 0 Å². The zero-order valence-corrected chi connectivity index (χ0v) is 8.42. The lowest BCUT2D eigenvalue weighted by atomic mass is 10.2. The first-order chi connectivity index (χ1) is 5.22. The Hall–Kier alpha value is -0.0800. The van der Waals surface area contributed by atoms with E-state index in [-0.39, 0.29) is 0 Å².